The smallest absolute Gasteiger partial charge is 0.369 e. The van der Waals surface area contributed by atoms with Crippen molar-refractivity contribution >= 4 is 11.4 Å². The molecule has 0 radical (unpaired) electrons. The highest BCUT2D eigenvalue weighted by atomic mass is 19.4. The Labute approximate surface area is 155 Å². The van der Waals surface area contributed by atoms with E-state index in [4.69, 9.17) is 0 Å². The Kier molecular flexibility index (Phi) is 5.23. The number of para-hydroxylation sites is 1. The minimum atomic E-state index is -4.47. The number of hydrogen-bond acceptors (Lipinski definition) is 4. The molecule has 4 nitrogen and oxygen atoms in total. The number of alkyl halides is 3. The van der Waals surface area contributed by atoms with Crippen LogP contribution in [0.25, 0.3) is 0 Å². The van der Waals surface area contributed by atoms with Crippen LogP contribution in [0.4, 0.5) is 24.5 Å². The van der Waals surface area contributed by atoms with Gasteiger partial charge in [-0.3, -0.25) is 0 Å². The van der Waals surface area contributed by atoms with Crippen LogP contribution in [0.15, 0.2) is 42.5 Å². The van der Waals surface area contributed by atoms with Gasteiger partial charge in [-0.1, -0.05) is 12.1 Å². The lowest BCUT2D eigenvalue weighted by molar-refractivity contribution is -0.137. The Balaban J connectivity index is 1.83. The van der Waals surface area contributed by atoms with E-state index in [1.54, 1.807) is 6.07 Å². The summed E-state index contributed by atoms with van der Waals surface area (Å²) in [7, 11) is 0. The van der Waals surface area contributed by atoms with Crippen molar-refractivity contribution in [1.29, 1.82) is 10.5 Å². The zero-order valence-electron chi connectivity index (χ0n) is 14.5. The Hall–Kier alpha value is -3.19. The summed E-state index contributed by atoms with van der Waals surface area (Å²) in [4.78, 5) is 4.04. The SMILES string of the molecule is N#Cc1ccccc1N1CCCN(c2ccc(C(F)(F)F)cc2C#N)CC1. The summed E-state index contributed by atoms with van der Waals surface area (Å²) in [6.07, 6.45) is -3.70. The van der Waals surface area contributed by atoms with Crippen molar-refractivity contribution in [2.75, 3.05) is 36.0 Å². The van der Waals surface area contributed by atoms with Gasteiger partial charge >= 0.3 is 6.18 Å². The van der Waals surface area contributed by atoms with Crippen LogP contribution >= 0.6 is 0 Å². The molecule has 0 unspecified atom stereocenters. The number of nitriles is 2. The zero-order chi connectivity index (χ0) is 19.4. The fraction of sp³-hybridized carbons (Fsp3) is 0.300. The van der Waals surface area contributed by atoms with Crippen molar-refractivity contribution < 1.29 is 13.2 Å². The fourth-order valence-electron chi connectivity index (χ4n) is 3.32. The van der Waals surface area contributed by atoms with Crippen molar-refractivity contribution in [3.05, 3.63) is 59.2 Å². The van der Waals surface area contributed by atoms with Gasteiger partial charge in [-0.2, -0.15) is 23.7 Å². The minimum absolute atomic E-state index is 0.0238. The first-order valence-electron chi connectivity index (χ1n) is 8.54. The maximum atomic E-state index is 12.9. The molecule has 0 atom stereocenters. The predicted molar refractivity (Wildman–Crippen MR) is 96.4 cm³/mol. The monoisotopic (exact) mass is 370 g/mol. The van der Waals surface area contributed by atoms with Gasteiger partial charge in [0.2, 0.25) is 0 Å². The van der Waals surface area contributed by atoms with E-state index in [0.717, 1.165) is 30.8 Å². The molecule has 2 aromatic carbocycles. The molecule has 0 aromatic heterocycles. The molecular weight excluding hydrogens is 353 g/mol. The molecule has 1 aliphatic heterocycles. The van der Waals surface area contributed by atoms with Crippen LogP contribution in [0.5, 0.6) is 0 Å². The van der Waals surface area contributed by atoms with E-state index in [0.29, 0.717) is 30.9 Å². The van der Waals surface area contributed by atoms with E-state index in [9.17, 15) is 23.7 Å². The second-order valence-corrected chi connectivity index (χ2v) is 6.30. The summed E-state index contributed by atoms with van der Waals surface area (Å²) in [6.45, 7) is 2.54. The van der Waals surface area contributed by atoms with E-state index in [2.05, 4.69) is 11.0 Å². The van der Waals surface area contributed by atoms with Gasteiger partial charge in [-0.05, 0) is 36.8 Å². The number of nitrogens with zero attached hydrogens (tertiary/aromatic N) is 4. The number of rotatable bonds is 2. The van der Waals surface area contributed by atoms with Crippen LogP contribution < -0.4 is 9.80 Å². The molecule has 7 heteroatoms. The molecule has 0 saturated carbocycles. The normalized spacial score (nSPS) is 15.0. The average molecular weight is 370 g/mol. The Morgan fingerprint density at radius 2 is 1.37 bits per heavy atom. The topological polar surface area (TPSA) is 54.1 Å². The standard InChI is InChI=1S/C20H17F3N4/c21-20(22,23)17-6-7-19(16(12-17)14-25)27-9-3-8-26(10-11-27)18-5-2-1-4-15(18)13-24/h1-2,4-7,12H,3,8-11H2. The molecule has 138 valence electrons. The molecule has 0 bridgehead atoms. The molecule has 2 aromatic rings. The highest BCUT2D eigenvalue weighted by Crippen LogP contribution is 2.33. The largest absolute Gasteiger partial charge is 0.416 e. The molecule has 1 heterocycles. The van der Waals surface area contributed by atoms with E-state index in [1.807, 2.05) is 29.2 Å². The van der Waals surface area contributed by atoms with Gasteiger partial charge in [0.1, 0.15) is 12.1 Å². The van der Waals surface area contributed by atoms with E-state index in [-0.39, 0.29) is 5.56 Å². The summed E-state index contributed by atoms with van der Waals surface area (Å²) >= 11 is 0. The molecular formula is C20H17F3N4. The quantitative estimate of drug-likeness (QED) is 0.796. The van der Waals surface area contributed by atoms with Crippen LogP contribution in [0.1, 0.15) is 23.1 Å². The zero-order valence-corrected chi connectivity index (χ0v) is 14.5. The lowest BCUT2D eigenvalue weighted by Gasteiger charge is -2.26. The summed E-state index contributed by atoms with van der Waals surface area (Å²) in [5.74, 6) is 0. The van der Waals surface area contributed by atoms with E-state index >= 15 is 0 Å². The second-order valence-electron chi connectivity index (χ2n) is 6.30. The van der Waals surface area contributed by atoms with Crippen molar-refractivity contribution in [2.45, 2.75) is 12.6 Å². The van der Waals surface area contributed by atoms with Crippen molar-refractivity contribution in [3.8, 4) is 12.1 Å². The number of anilines is 2. The molecule has 0 aliphatic carbocycles. The molecule has 3 rings (SSSR count). The van der Waals surface area contributed by atoms with E-state index < -0.39 is 11.7 Å². The Morgan fingerprint density at radius 1 is 0.778 bits per heavy atom. The third-order valence-electron chi connectivity index (χ3n) is 4.65. The van der Waals surface area contributed by atoms with Gasteiger partial charge in [-0.15, -0.1) is 0 Å². The van der Waals surface area contributed by atoms with Gasteiger partial charge < -0.3 is 9.80 Å². The number of halogens is 3. The van der Waals surface area contributed by atoms with Crippen LogP contribution in [0, 0.1) is 22.7 Å². The molecule has 0 amide bonds. The van der Waals surface area contributed by atoms with Gasteiger partial charge in [-0.25, -0.2) is 0 Å². The number of benzene rings is 2. The summed E-state index contributed by atoms with van der Waals surface area (Å²) < 4.78 is 38.7. The van der Waals surface area contributed by atoms with Gasteiger partial charge in [0.15, 0.2) is 0 Å². The van der Waals surface area contributed by atoms with Crippen molar-refractivity contribution in [3.63, 3.8) is 0 Å². The third-order valence-corrected chi connectivity index (χ3v) is 4.65. The van der Waals surface area contributed by atoms with Crippen LogP contribution in [-0.4, -0.2) is 26.2 Å². The Morgan fingerprint density at radius 3 is 1.96 bits per heavy atom. The lowest BCUT2D eigenvalue weighted by Crippen LogP contribution is -2.31. The maximum absolute atomic E-state index is 12.9. The van der Waals surface area contributed by atoms with Crippen LogP contribution in [0.2, 0.25) is 0 Å². The molecule has 27 heavy (non-hydrogen) atoms. The van der Waals surface area contributed by atoms with Crippen LogP contribution in [-0.2, 0) is 6.18 Å². The van der Waals surface area contributed by atoms with Crippen molar-refractivity contribution in [2.24, 2.45) is 0 Å². The summed E-state index contributed by atoms with van der Waals surface area (Å²) in [5.41, 5.74) is 1.17. The first-order chi connectivity index (χ1) is 12.9. The molecule has 1 fully saturated rings. The second kappa shape index (κ2) is 7.59. The van der Waals surface area contributed by atoms with Gasteiger partial charge in [0.25, 0.3) is 0 Å². The minimum Gasteiger partial charge on any atom is -0.369 e. The Bertz CT molecular complexity index is 909. The molecule has 0 N–H and O–H groups in total. The highest BCUT2D eigenvalue weighted by molar-refractivity contribution is 5.62. The molecule has 0 spiro atoms. The summed E-state index contributed by atoms with van der Waals surface area (Å²) in [6, 6.07) is 14.7. The van der Waals surface area contributed by atoms with E-state index in [1.165, 1.54) is 6.07 Å². The predicted octanol–water partition coefficient (Wildman–Crippen LogP) is 4.17. The van der Waals surface area contributed by atoms with Gasteiger partial charge in [0, 0.05) is 26.2 Å². The average Bonchev–Trinajstić information content (AvgIpc) is 2.92. The van der Waals surface area contributed by atoms with Gasteiger partial charge in [0.05, 0.1) is 28.1 Å². The third kappa shape index (κ3) is 3.98. The maximum Gasteiger partial charge on any atom is 0.416 e. The molecule has 1 aliphatic rings. The van der Waals surface area contributed by atoms with Crippen molar-refractivity contribution in [1.82, 2.24) is 0 Å². The first kappa shape index (κ1) is 18.6. The fourth-order valence-corrected chi connectivity index (χ4v) is 3.32. The highest BCUT2D eigenvalue weighted by Gasteiger charge is 2.31. The summed E-state index contributed by atoms with van der Waals surface area (Å²) in [5, 5.41) is 18.6. The molecule has 1 saturated heterocycles. The lowest BCUT2D eigenvalue weighted by atomic mass is 10.1. The number of hydrogen-bond donors (Lipinski definition) is 0. The van der Waals surface area contributed by atoms with Crippen LogP contribution in [0.3, 0.4) is 0 Å². The first-order valence-corrected chi connectivity index (χ1v) is 8.54.